The molecule has 2 N–H and O–H groups in total. The summed E-state index contributed by atoms with van der Waals surface area (Å²) in [4.78, 5) is 37.9. The van der Waals surface area contributed by atoms with Gasteiger partial charge in [-0.1, -0.05) is 23.8 Å². The fourth-order valence-corrected chi connectivity index (χ4v) is 2.55. The lowest BCUT2D eigenvalue weighted by molar-refractivity contribution is -0.122. The molecule has 1 heterocycles. The Balaban J connectivity index is 1.99. The number of aromatic hydroxyl groups is 1. The van der Waals surface area contributed by atoms with Gasteiger partial charge in [0, 0.05) is 0 Å². The van der Waals surface area contributed by atoms with E-state index in [1.165, 1.54) is 25.3 Å². The van der Waals surface area contributed by atoms with Crippen molar-refractivity contribution in [2.75, 3.05) is 12.0 Å². The number of hydrogen-bond acceptors (Lipinski definition) is 5. The van der Waals surface area contributed by atoms with Gasteiger partial charge in [-0.2, -0.15) is 0 Å². The van der Waals surface area contributed by atoms with Crippen LogP contribution in [0.25, 0.3) is 6.08 Å². The minimum Gasteiger partial charge on any atom is -0.504 e. The quantitative estimate of drug-likeness (QED) is 0.653. The van der Waals surface area contributed by atoms with E-state index in [2.05, 4.69) is 5.32 Å². The van der Waals surface area contributed by atoms with Gasteiger partial charge in [-0.15, -0.1) is 0 Å². The number of anilines is 1. The molecule has 0 spiro atoms. The highest BCUT2D eigenvalue weighted by atomic mass is 16.5. The standard InChI is InChI=1S/C19H16N2O5/c1-11-3-6-13(7-4-11)21-18(24)14(17(23)20-19(21)25)9-12-5-8-16(26-2)15(22)10-12/h3-10,22H,1-2H3,(H,20,23,25)/b14-9+. The zero-order valence-electron chi connectivity index (χ0n) is 14.1. The number of carbonyl (C=O) groups excluding carboxylic acids is 3. The zero-order valence-corrected chi connectivity index (χ0v) is 14.1. The van der Waals surface area contributed by atoms with E-state index in [1.807, 2.05) is 6.92 Å². The molecule has 0 saturated carbocycles. The number of nitrogens with zero attached hydrogens (tertiary/aromatic N) is 1. The van der Waals surface area contributed by atoms with E-state index in [-0.39, 0.29) is 17.1 Å². The van der Waals surface area contributed by atoms with Crippen LogP contribution in [0.15, 0.2) is 48.0 Å². The summed E-state index contributed by atoms with van der Waals surface area (Å²) in [5, 5.41) is 12.0. The minimum absolute atomic E-state index is 0.128. The van der Waals surface area contributed by atoms with Crippen LogP contribution in [0.3, 0.4) is 0 Å². The maximum absolute atomic E-state index is 12.7. The second-order valence-electron chi connectivity index (χ2n) is 5.72. The van der Waals surface area contributed by atoms with Crippen LogP contribution < -0.4 is 15.0 Å². The Morgan fingerprint density at radius 1 is 1.08 bits per heavy atom. The van der Waals surface area contributed by atoms with Crippen LogP contribution in [0.5, 0.6) is 11.5 Å². The van der Waals surface area contributed by atoms with Crippen molar-refractivity contribution in [3.8, 4) is 11.5 Å². The van der Waals surface area contributed by atoms with Crippen LogP contribution in [0.1, 0.15) is 11.1 Å². The lowest BCUT2D eigenvalue weighted by Crippen LogP contribution is -2.54. The zero-order chi connectivity index (χ0) is 18.8. The van der Waals surface area contributed by atoms with Crippen LogP contribution >= 0.6 is 0 Å². The van der Waals surface area contributed by atoms with Crippen molar-refractivity contribution in [3.05, 3.63) is 59.2 Å². The number of aryl methyl sites for hydroxylation is 1. The molecule has 1 aliphatic heterocycles. The molecule has 2 aromatic rings. The molecular formula is C19H16N2O5. The number of imide groups is 2. The molecule has 4 amide bonds. The smallest absolute Gasteiger partial charge is 0.335 e. The third kappa shape index (κ3) is 3.14. The lowest BCUT2D eigenvalue weighted by Gasteiger charge is -2.26. The number of carbonyl (C=O) groups is 3. The first kappa shape index (κ1) is 17.2. The number of benzene rings is 2. The second kappa shape index (κ2) is 6.72. The summed E-state index contributed by atoms with van der Waals surface area (Å²) < 4.78 is 4.96. The van der Waals surface area contributed by atoms with Gasteiger partial charge in [-0.25, -0.2) is 9.69 Å². The SMILES string of the molecule is COc1ccc(/C=C2\C(=O)NC(=O)N(c3ccc(C)cc3)C2=O)cc1O. The minimum atomic E-state index is -0.807. The number of phenolic OH excluding ortho intramolecular Hbond substituents is 1. The highest BCUT2D eigenvalue weighted by molar-refractivity contribution is 6.39. The van der Waals surface area contributed by atoms with Crippen LogP contribution in [-0.2, 0) is 9.59 Å². The Labute approximate surface area is 149 Å². The maximum atomic E-state index is 12.7. The number of urea groups is 1. The molecule has 7 heteroatoms. The van der Waals surface area contributed by atoms with Crippen LogP contribution in [0.4, 0.5) is 10.5 Å². The van der Waals surface area contributed by atoms with Gasteiger partial charge >= 0.3 is 6.03 Å². The maximum Gasteiger partial charge on any atom is 0.335 e. The van der Waals surface area contributed by atoms with Crippen molar-refractivity contribution in [1.29, 1.82) is 0 Å². The molecule has 0 bridgehead atoms. The van der Waals surface area contributed by atoms with Gasteiger partial charge in [0.05, 0.1) is 12.8 Å². The van der Waals surface area contributed by atoms with Crippen LogP contribution in [-0.4, -0.2) is 30.1 Å². The van der Waals surface area contributed by atoms with E-state index < -0.39 is 17.8 Å². The Morgan fingerprint density at radius 3 is 2.38 bits per heavy atom. The number of rotatable bonds is 3. The van der Waals surface area contributed by atoms with Gasteiger partial charge in [-0.3, -0.25) is 14.9 Å². The predicted molar refractivity (Wildman–Crippen MR) is 94.8 cm³/mol. The third-order valence-electron chi connectivity index (χ3n) is 3.91. The van der Waals surface area contributed by atoms with Gasteiger partial charge in [0.2, 0.25) is 0 Å². The number of methoxy groups -OCH3 is 1. The van der Waals surface area contributed by atoms with Gasteiger partial charge in [-0.05, 0) is 42.8 Å². The Kier molecular flexibility index (Phi) is 4.45. The Hall–Kier alpha value is -3.61. The average molecular weight is 352 g/mol. The molecular weight excluding hydrogens is 336 g/mol. The van der Waals surface area contributed by atoms with E-state index >= 15 is 0 Å². The number of ether oxygens (including phenoxy) is 1. The van der Waals surface area contributed by atoms with E-state index in [0.29, 0.717) is 11.3 Å². The third-order valence-corrected chi connectivity index (χ3v) is 3.91. The van der Waals surface area contributed by atoms with Crippen molar-refractivity contribution < 1.29 is 24.2 Å². The molecule has 0 radical (unpaired) electrons. The molecule has 0 aliphatic carbocycles. The first-order chi connectivity index (χ1) is 12.4. The molecule has 0 aromatic heterocycles. The normalized spacial score (nSPS) is 16.0. The van der Waals surface area contributed by atoms with Crippen molar-refractivity contribution in [3.63, 3.8) is 0 Å². The second-order valence-corrected chi connectivity index (χ2v) is 5.72. The topological polar surface area (TPSA) is 95.9 Å². The first-order valence-corrected chi connectivity index (χ1v) is 7.76. The summed E-state index contributed by atoms with van der Waals surface area (Å²) in [7, 11) is 1.41. The van der Waals surface area contributed by atoms with E-state index in [9.17, 15) is 19.5 Å². The number of barbiturate groups is 1. The van der Waals surface area contributed by atoms with E-state index in [1.54, 1.807) is 30.3 Å². The predicted octanol–water partition coefficient (Wildman–Crippen LogP) is 2.38. The van der Waals surface area contributed by atoms with Crippen molar-refractivity contribution in [2.45, 2.75) is 6.92 Å². The average Bonchev–Trinajstić information content (AvgIpc) is 2.60. The van der Waals surface area contributed by atoms with E-state index in [4.69, 9.17) is 4.74 Å². The summed E-state index contributed by atoms with van der Waals surface area (Å²) in [6, 6.07) is 10.4. The lowest BCUT2D eigenvalue weighted by atomic mass is 10.1. The Morgan fingerprint density at radius 2 is 1.77 bits per heavy atom. The first-order valence-electron chi connectivity index (χ1n) is 7.76. The summed E-state index contributed by atoms with van der Waals surface area (Å²) in [6.07, 6.45) is 1.31. The summed E-state index contributed by atoms with van der Waals surface area (Å²) in [5.41, 5.74) is 1.53. The molecule has 7 nitrogen and oxygen atoms in total. The largest absolute Gasteiger partial charge is 0.504 e. The highest BCUT2D eigenvalue weighted by Gasteiger charge is 2.36. The summed E-state index contributed by atoms with van der Waals surface area (Å²) in [6.45, 7) is 1.88. The monoisotopic (exact) mass is 352 g/mol. The van der Waals surface area contributed by atoms with Crippen molar-refractivity contribution >= 4 is 29.6 Å². The molecule has 3 rings (SSSR count). The molecule has 26 heavy (non-hydrogen) atoms. The van der Waals surface area contributed by atoms with Gasteiger partial charge in [0.25, 0.3) is 11.8 Å². The molecule has 0 atom stereocenters. The number of nitrogens with one attached hydrogen (secondary N) is 1. The van der Waals surface area contributed by atoms with E-state index in [0.717, 1.165) is 10.5 Å². The fraction of sp³-hybridized carbons (Fsp3) is 0.105. The molecule has 1 fully saturated rings. The molecule has 132 valence electrons. The summed E-state index contributed by atoms with van der Waals surface area (Å²) >= 11 is 0. The molecule has 1 saturated heterocycles. The van der Waals surface area contributed by atoms with Crippen molar-refractivity contribution in [1.82, 2.24) is 5.32 Å². The number of hydrogen-bond donors (Lipinski definition) is 2. The van der Waals surface area contributed by atoms with Gasteiger partial charge < -0.3 is 9.84 Å². The molecule has 1 aliphatic rings. The van der Waals surface area contributed by atoms with Gasteiger partial charge in [0.1, 0.15) is 5.57 Å². The highest BCUT2D eigenvalue weighted by Crippen LogP contribution is 2.28. The Bertz CT molecular complexity index is 931. The summed E-state index contributed by atoms with van der Waals surface area (Å²) in [5.74, 6) is -1.39. The molecule has 2 aromatic carbocycles. The van der Waals surface area contributed by atoms with Crippen LogP contribution in [0.2, 0.25) is 0 Å². The molecule has 0 unspecified atom stereocenters. The van der Waals surface area contributed by atoms with Gasteiger partial charge in [0.15, 0.2) is 11.5 Å². The fourth-order valence-electron chi connectivity index (χ4n) is 2.55. The van der Waals surface area contributed by atoms with Crippen molar-refractivity contribution in [2.24, 2.45) is 0 Å². The van der Waals surface area contributed by atoms with Crippen LogP contribution in [0, 0.1) is 6.92 Å². The number of phenols is 1. The number of amides is 4.